The maximum Gasteiger partial charge on any atom is 0.272 e. The van der Waals surface area contributed by atoms with Crippen LogP contribution in [-0.2, 0) is 0 Å². The van der Waals surface area contributed by atoms with Gasteiger partial charge in [-0.3, -0.25) is 9.78 Å². The summed E-state index contributed by atoms with van der Waals surface area (Å²) in [7, 11) is 3.46. The molecule has 1 aromatic heterocycles. The van der Waals surface area contributed by atoms with E-state index in [1.807, 2.05) is 12.1 Å². The molecule has 20 heavy (non-hydrogen) atoms. The van der Waals surface area contributed by atoms with Gasteiger partial charge in [-0.1, -0.05) is 6.42 Å². The first-order chi connectivity index (χ1) is 9.56. The van der Waals surface area contributed by atoms with Crippen LogP contribution in [0.2, 0.25) is 0 Å². The van der Waals surface area contributed by atoms with Crippen molar-refractivity contribution >= 4 is 11.6 Å². The number of anilines is 1. The van der Waals surface area contributed by atoms with Crippen LogP contribution < -0.4 is 11.1 Å². The van der Waals surface area contributed by atoms with Gasteiger partial charge in [0.05, 0.1) is 0 Å². The molecule has 0 radical (unpaired) electrons. The molecule has 1 amide bonds. The van der Waals surface area contributed by atoms with Crippen LogP contribution in [-0.4, -0.2) is 42.5 Å². The molecule has 1 fully saturated rings. The molecule has 1 saturated carbocycles. The molecule has 2 rings (SSSR count). The van der Waals surface area contributed by atoms with Gasteiger partial charge >= 0.3 is 0 Å². The summed E-state index contributed by atoms with van der Waals surface area (Å²) < 4.78 is 0. The largest absolute Gasteiger partial charge is 0.385 e. The second kappa shape index (κ2) is 6.70. The van der Waals surface area contributed by atoms with Gasteiger partial charge in [-0.15, -0.1) is 0 Å². The van der Waals surface area contributed by atoms with Crippen LogP contribution in [0.3, 0.4) is 0 Å². The van der Waals surface area contributed by atoms with Crippen molar-refractivity contribution in [2.24, 2.45) is 11.7 Å². The minimum atomic E-state index is -0.0756. The lowest BCUT2D eigenvalue weighted by Gasteiger charge is -2.27. The second-order valence-electron chi connectivity index (χ2n) is 5.80. The van der Waals surface area contributed by atoms with E-state index in [0.717, 1.165) is 25.1 Å². The summed E-state index contributed by atoms with van der Waals surface area (Å²) in [6.45, 7) is 0.910. The number of carbonyl (C=O) groups excluding carboxylic acids is 1. The summed E-state index contributed by atoms with van der Waals surface area (Å²) in [5.41, 5.74) is 7.42. The van der Waals surface area contributed by atoms with E-state index in [9.17, 15) is 4.79 Å². The van der Waals surface area contributed by atoms with Crippen LogP contribution >= 0.6 is 0 Å². The van der Waals surface area contributed by atoms with Crippen LogP contribution in [0.4, 0.5) is 5.69 Å². The molecule has 3 N–H and O–H groups in total. The zero-order chi connectivity index (χ0) is 14.5. The molecule has 110 valence electrons. The smallest absolute Gasteiger partial charge is 0.272 e. The summed E-state index contributed by atoms with van der Waals surface area (Å²) in [4.78, 5) is 17.5. The molecule has 1 aromatic rings. The van der Waals surface area contributed by atoms with E-state index in [2.05, 4.69) is 10.3 Å². The first-order valence-corrected chi connectivity index (χ1v) is 7.23. The van der Waals surface area contributed by atoms with E-state index in [0.29, 0.717) is 17.7 Å². The summed E-state index contributed by atoms with van der Waals surface area (Å²) in [5, 5.41) is 3.40. The molecule has 0 saturated heterocycles. The van der Waals surface area contributed by atoms with Crippen LogP contribution in [0.1, 0.15) is 36.2 Å². The topological polar surface area (TPSA) is 71.2 Å². The SMILES string of the molecule is CN(C)C(=O)c1cc(NCC2CCCC(N)C2)ccn1. The first kappa shape index (κ1) is 14.8. The Bertz CT molecular complexity index is 461. The molecule has 0 aliphatic heterocycles. The predicted molar refractivity (Wildman–Crippen MR) is 80.7 cm³/mol. The van der Waals surface area contributed by atoms with Gasteiger partial charge < -0.3 is 16.0 Å². The van der Waals surface area contributed by atoms with Gasteiger partial charge in [0.15, 0.2) is 0 Å². The highest BCUT2D eigenvalue weighted by molar-refractivity contribution is 5.92. The summed E-state index contributed by atoms with van der Waals surface area (Å²) in [6, 6.07) is 4.05. The van der Waals surface area contributed by atoms with E-state index in [1.165, 1.54) is 17.7 Å². The molecular formula is C15H24N4O. The molecule has 1 aliphatic rings. The van der Waals surface area contributed by atoms with Gasteiger partial charge in [-0.25, -0.2) is 0 Å². The molecule has 1 aliphatic carbocycles. The van der Waals surface area contributed by atoms with Crippen molar-refractivity contribution in [1.29, 1.82) is 0 Å². The van der Waals surface area contributed by atoms with E-state index in [4.69, 9.17) is 5.73 Å². The van der Waals surface area contributed by atoms with Crippen LogP contribution in [0.5, 0.6) is 0 Å². The van der Waals surface area contributed by atoms with E-state index in [-0.39, 0.29) is 5.91 Å². The minimum absolute atomic E-state index is 0.0756. The number of hydrogen-bond donors (Lipinski definition) is 2. The number of nitrogens with two attached hydrogens (primary N) is 1. The summed E-state index contributed by atoms with van der Waals surface area (Å²) >= 11 is 0. The standard InChI is InChI=1S/C15H24N4O/c1-19(2)15(20)14-9-13(6-7-17-14)18-10-11-4-3-5-12(16)8-11/h6-7,9,11-12H,3-5,8,10,16H2,1-2H3,(H,17,18). The molecule has 5 nitrogen and oxygen atoms in total. The first-order valence-electron chi connectivity index (χ1n) is 7.23. The lowest BCUT2D eigenvalue weighted by Crippen LogP contribution is -2.31. The van der Waals surface area contributed by atoms with Gasteiger partial charge in [-0.05, 0) is 37.3 Å². The Morgan fingerprint density at radius 1 is 1.50 bits per heavy atom. The Morgan fingerprint density at radius 3 is 3.00 bits per heavy atom. The van der Waals surface area contributed by atoms with Crippen molar-refractivity contribution in [3.05, 3.63) is 24.0 Å². The minimum Gasteiger partial charge on any atom is -0.385 e. The summed E-state index contributed by atoms with van der Waals surface area (Å²) in [6.07, 6.45) is 6.35. The van der Waals surface area contributed by atoms with E-state index >= 15 is 0 Å². The van der Waals surface area contributed by atoms with Crippen LogP contribution in [0.15, 0.2) is 18.3 Å². The average molecular weight is 276 g/mol. The third kappa shape index (κ3) is 3.93. The molecule has 2 atom stereocenters. The van der Waals surface area contributed by atoms with Crippen molar-refractivity contribution in [3.63, 3.8) is 0 Å². The zero-order valence-electron chi connectivity index (χ0n) is 12.3. The monoisotopic (exact) mass is 276 g/mol. The number of rotatable bonds is 4. The average Bonchev–Trinajstić information content (AvgIpc) is 2.44. The van der Waals surface area contributed by atoms with E-state index in [1.54, 1.807) is 20.3 Å². The number of amides is 1. The molecular weight excluding hydrogens is 252 g/mol. The number of nitrogens with zero attached hydrogens (tertiary/aromatic N) is 2. The molecule has 0 aromatic carbocycles. The van der Waals surface area contributed by atoms with Crippen molar-refractivity contribution in [3.8, 4) is 0 Å². The molecule has 0 bridgehead atoms. The normalized spacial score (nSPS) is 22.4. The van der Waals surface area contributed by atoms with Gasteiger partial charge in [0, 0.05) is 38.6 Å². The Balaban J connectivity index is 1.93. The number of aromatic nitrogens is 1. The quantitative estimate of drug-likeness (QED) is 0.878. The zero-order valence-corrected chi connectivity index (χ0v) is 12.3. The van der Waals surface area contributed by atoms with Crippen molar-refractivity contribution in [1.82, 2.24) is 9.88 Å². The predicted octanol–water partition coefficient (Wildman–Crippen LogP) is 1.71. The number of hydrogen-bond acceptors (Lipinski definition) is 4. The highest BCUT2D eigenvalue weighted by Crippen LogP contribution is 2.23. The maximum atomic E-state index is 11.9. The second-order valence-corrected chi connectivity index (χ2v) is 5.80. The van der Waals surface area contributed by atoms with Gasteiger partial charge in [-0.2, -0.15) is 0 Å². The number of carbonyl (C=O) groups is 1. The lowest BCUT2D eigenvalue weighted by atomic mass is 9.86. The highest BCUT2D eigenvalue weighted by atomic mass is 16.2. The highest BCUT2D eigenvalue weighted by Gasteiger charge is 2.19. The van der Waals surface area contributed by atoms with Gasteiger partial charge in [0.1, 0.15) is 5.69 Å². The third-order valence-electron chi connectivity index (χ3n) is 3.80. The van der Waals surface area contributed by atoms with Crippen molar-refractivity contribution in [2.75, 3.05) is 26.0 Å². The van der Waals surface area contributed by atoms with Crippen molar-refractivity contribution < 1.29 is 4.79 Å². The van der Waals surface area contributed by atoms with Crippen LogP contribution in [0, 0.1) is 5.92 Å². The Hall–Kier alpha value is -1.62. The fraction of sp³-hybridized carbons (Fsp3) is 0.600. The maximum absolute atomic E-state index is 11.9. The fourth-order valence-electron chi connectivity index (χ4n) is 2.67. The lowest BCUT2D eigenvalue weighted by molar-refractivity contribution is 0.0822. The Kier molecular flexibility index (Phi) is 4.95. The Morgan fingerprint density at radius 2 is 2.30 bits per heavy atom. The fourth-order valence-corrected chi connectivity index (χ4v) is 2.67. The van der Waals surface area contributed by atoms with Gasteiger partial charge in [0.2, 0.25) is 0 Å². The molecule has 1 heterocycles. The number of pyridine rings is 1. The third-order valence-corrected chi connectivity index (χ3v) is 3.80. The Labute approximate surface area is 120 Å². The molecule has 2 unspecified atom stereocenters. The van der Waals surface area contributed by atoms with Crippen molar-refractivity contribution in [2.45, 2.75) is 31.7 Å². The van der Waals surface area contributed by atoms with Crippen LogP contribution in [0.25, 0.3) is 0 Å². The number of nitrogens with one attached hydrogen (secondary N) is 1. The van der Waals surface area contributed by atoms with Gasteiger partial charge in [0.25, 0.3) is 5.91 Å². The summed E-state index contributed by atoms with van der Waals surface area (Å²) in [5.74, 6) is 0.549. The molecule has 5 heteroatoms. The molecule has 0 spiro atoms. The van der Waals surface area contributed by atoms with E-state index < -0.39 is 0 Å².